The highest BCUT2D eigenvalue weighted by atomic mass is 79.9. The van der Waals surface area contributed by atoms with Crippen molar-refractivity contribution in [3.05, 3.63) is 46.2 Å². The molecule has 1 aromatic carbocycles. The molecule has 24 heavy (non-hydrogen) atoms. The van der Waals surface area contributed by atoms with Crippen LogP contribution in [0.4, 0.5) is 5.69 Å². The Morgan fingerprint density at radius 1 is 1.38 bits per heavy atom. The number of benzene rings is 1. The smallest absolute Gasteiger partial charge is 0.315 e. The fraction of sp³-hybridized carbons (Fsp3) is 0.353. The molecule has 2 atom stereocenters. The number of esters is 1. The minimum absolute atomic E-state index is 0.355. The number of aromatic amines is 1. The monoisotopic (exact) mass is 391 g/mol. The molecule has 0 spiro atoms. The number of H-pyrrole nitrogens is 1. The fourth-order valence-electron chi connectivity index (χ4n) is 2.79. The van der Waals surface area contributed by atoms with Gasteiger partial charge in [0.05, 0.1) is 17.8 Å². The summed E-state index contributed by atoms with van der Waals surface area (Å²) < 4.78 is 6.29. The summed E-state index contributed by atoms with van der Waals surface area (Å²) in [7, 11) is 0. The molecule has 6 nitrogen and oxygen atoms in total. The summed E-state index contributed by atoms with van der Waals surface area (Å²) in [4.78, 5) is 24.6. The van der Waals surface area contributed by atoms with Gasteiger partial charge in [-0.15, -0.1) is 0 Å². The van der Waals surface area contributed by atoms with Crippen LogP contribution in [0.1, 0.15) is 36.9 Å². The Morgan fingerprint density at radius 3 is 2.88 bits per heavy atom. The molecule has 1 aromatic heterocycles. The highest BCUT2D eigenvalue weighted by molar-refractivity contribution is 9.10. The fourth-order valence-corrected chi connectivity index (χ4v) is 3.05. The summed E-state index contributed by atoms with van der Waals surface area (Å²) in [6.45, 7) is 1.57. The lowest BCUT2D eigenvalue weighted by atomic mass is 9.88. The number of ether oxygens (including phenoxy) is 1. The second-order valence-corrected chi connectivity index (χ2v) is 6.74. The molecule has 126 valence electrons. The van der Waals surface area contributed by atoms with Crippen molar-refractivity contribution in [1.82, 2.24) is 10.2 Å². The number of fused-ring (bicyclic) bond motifs is 1. The molecule has 1 amide bonds. The number of carbonyl (C=O) groups is 2. The van der Waals surface area contributed by atoms with Crippen molar-refractivity contribution in [3.8, 4) is 0 Å². The number of rotatable bonds is 4. The number of aromatic nitrogens is 2. The lowest BCUT2D eigenvalue weighted by Crippen LogP contribution is -2.32. The highest BCUT2D eigenvalue weighted by Gasteiger charge is 2.31. The van der Waals surface area contributed by atoms with E-state index < -0.39 is 12.1 Å². The summed E-state index contributed by atoms with van der Waals surface area (Å²) >= 11 is 3.34. The van der Waals surface area contributed by atoms with Gasteiger partial charge in [0.15, 0.2) is 6.10 Å². The van der Waals surface area contributed by atoms with E-state index in [1.807, 2.05) is 12.1 Å². The maximum Gasteiger partial charge on any atom is 0.315 e. The predicted octanol–water partition coefficient (Wildman–Crippen LogP) is 3.16. The molecule has 1 heterocycles. The zero-order valence-electron chi connectivity index (χ0n) is 13.2. The summed E-state index contributed by atoms with van der Waals surface area (Å²) in [5, 5.41) is 9.61. The molecule has 1 aliphatic carbocycles. The van der Waals surface area contributed by atoms with Crippen LogP contribution in [0.5, 0.6) is 0 Å². The van der Waals surface area contributed by atoms with Gasteiger partial charge in [0, 0.05) is 10.2 Å². The summed E-state index contributed by atoms with van der Waals surface area (Å²) in [5.41, 5.74) is 2.52. The molecule has 1 aliphatic rings. The van der Waals surface area contributed by atoms with Crippen LogP contribution in [0.2, 0.25) is 0 Å². The van der Waals surface area contributed by atoms with E-state index in [9.17, 15) is 9.59 Å². The third-order valence-corrected chi connectivity index (χ3v) is 4.63. The van der Waals surface area contributed by atoms with E-state index in [1.54, 1.807) is 25.3 Å². The standard InChI is InChI=1S/C17H18BrN3O3/c1-10(16(22)20-13-7-5-12(18)6-8-13)24-17(23)14-4-2-3-11-9-19-21-15(11)14/h5-10,14H,2-4H2,1H3,(H,19,21)(H,20,22). The number of nitrogens with one attached hydrogen (secondary N) is 2. The topological polar surface area (TPSA) is 84.1 Å². The van der Waals surface area contributed by atoms with Crippen molar-refractivity contribution in [2.45, 2.75) is 38.2 Å². The number of anilines is 1. The van der Waals surface area contributed by atoms with Crippen LogP contribution in [-0.4, -0.2) is 28.2 Å². The second kappa shape index (κ2) is 7.17. The average molecular weight is 392 g/mol. The van der Waals surface area contributed by atoms with Crippen LogP contribution < -0.4 is 5.32 Å². The molecular weight excluding hydrogens is 374 g/mol. The van der Waals surface area contributed by atoms with Crippen LogP contribution >= 0.6 is 15.9 Å². The molecule has 0 bridgehead atoms. The molecule has 0 aliphatic heterocycles. The molecule has 2 unspecified atom stereocenters. The zero-order valence-corrected chi connectivity index (χ0v) is 14.8. The number of aryl methyl sites for hydroxylation is 1. The van der Waals surface area contributed by atoms with E-state index in [0.717, 1.165) is 28.6 Å². The zero-order chi connectivity index (χ0) is 17.1. The van der Waals surface area contributed by atoms with Crippen molar-refractivity contribution in [3.63, 3.8) is 0 Å². The minimum atomic E-state index is -0.866. The molecule has 0 saturated carbocycles. The lowest BCUT2D eigenvalue weighted by molar-refractivity contribution is -0.155. The quantitative estimate of drug-likeness (QED) is 0.783. The Bertz CT molecular complexity index is 742. The van der Waals surface area contributed by atoms with Crippen molar-refractivity contribution >= 4 is 33.5 Å². The highest BCUT2D eigenvalue weighted by Crippen LogP contribution is 2.31. The molecule has 0 radical (unpaired) electrons. The van der Waals surface area contributed by atoms with Gasteiger partial charge in [-0.3, -0.25) is 14.7 Å². The molecule has 0 saturated heterocycles. The van der Waals surface area contributed by atoms with E-state index >= 15 is 0 Å². The number of hydrogen-bond donors (Lipinski definition) is 2. The number of halogens is 1. The number of amides is 1. The van der Waals surface area contributed by atoms with Crippen molar-refractivity contribution < 1.29 is 14.3 Å². The Hall–Kier alpha value is -2.15. The first-order valence-corrected chi connectivity index (χ1v) is 8.63. The van der Waals surface area contributed by atoms with E-state index in [4.69, 9.17) is 4.74 Å². The summed E-state index contributed by atoms with van der Waals surface area (Å²) in [6, 6.07) is 7.20. The first kappa shape index (κ1) is 16.7. The summed E-state index contributed by atoms with van der Waals surface area (Å²) in [6.07, 6.45) is 3.41. The Labute approximate surface area is 148 Å². The van der Waals surface area contributed by atoms with Gasteiger partial charge in [-0.1, -0.05) is 15.9 Å². The van der Waals surface area contributed by atoms with Crippen molar-refractivity contribution in [2.24, 2.45) is 0 Å². The first-order valence-electron chi connectivity index (χ1n) is 7.83. The van der Waals surface area contributed by atoms with Gasteiger partial charge in [0.2, 0.25) is 0 Å². The second-order valence-electron chi connectivity index (χ2n) is 5.83. The molecule has 3 rings (SSSR count). The van der Waals surface area contributed by atoms with Crippen LogP contribution in [-0.2, 0) is 20.7 Å². The third-order valence-electron chi connectivity index (χ3n) is 4.10. The van der Waals surface area contributed by atoms with Gasteiger partial charge in [-0.2, -0.15) is 5.10 Å². The van der Waals surface area contributed by atoms with Crippen LogP contribution in [0.25, 0.3) is 0 Å². The molecule has 0 fully saturated rings. The van der Waals surface area contributed by atoms with E-state index in [2.05, 4.69) is 31.4 Å². The third kappa shape index (κ3) is 3.67. The van der Waals surface area contributed by atoms with Gasteiger partial charge < -0.3 is 10.1 Å². The Balaban J connectivity index is 1.60. The molecule has 2 aromatic rings. The van der Waals surface area contributed by atoms with Crippen LogP contribution in [0.3, 0.4) is 0 Å². The van der Waals surface area contributed by atoms with Gasteiger partial charge >= 0.3 is 5.97 Å². The number of carbonyl (C=O) groups excluding carboxylic acids is 2. The van der Waals surface area contributed by atoms with E-state index in [0.29, 0.717) is 12.1 Å². The van der Waals surface area contributed by atoms with Crippen LogP contribution in [0.15, 0.2) is 34.9 Å². The number of nitrogens with zero attached hydrogens (tertiary/aromatic N) is 1. The maximum atomic E-state index is 12.4. The Kier molecular flexibility index (Phi) is 4.99. The largest absolute Gasteiger partial charge is 0.452 e. The van der Waals surface area contributed by atoms with Gasteiger partial charge in [-0.05, 0) is 56.0 Å². The van der Waals surface area contributed by atoms with E-state index in [-0.39, 0.29) is 11.8 Å². The van der Waals surface area contributed by atoms with E-state index in [1.165, 1.54) is 0 Å². The minimum Gasteiger partial charge on any atom is -0.452 e. The number of hydrogen-bond acceptors (Lipinski definition) is 4. The first-order chi connectivity index (χ1) is 11.5. The van der Waals surface area contributed by atoms with Crippen LogP contribution in [0, 0.1) is 0 Å². The van der Waals surface area contributed by atoms with Gasteiger partial charge in [-0.25, -0.2) is 0 Å². The van der Waals surface area contributed by atoms with Crippen molar-refractivity contribution in [2.75, 3.05) is 5.32 Å². The molecule has 7 heteroatoms. The van der Waals surface area contributed by atoms with Gasteiger partial charge in [0.25, 0.3) is 5.91 Å². The maximum absolute atomic E-state index is 12.4. The molecule has 2 N–H and O–H groups in total. The summed E-state index contributed by atoms with van der Waals surface area (Å²) in [5.74, 6) is -1.12. The predicted molar refractivity (Wildman–Crippen MR) is 92.6 cm³/mol. The molecular formula is C17H18BrN3O3. The SMILES string of the molecule is CC(OC(=O)C1CCCc2cn[nH]c21)C(=O)Nc1ccc(Br)cc1. The lowest BCUT2D eigenvalue weighted by Gasteiger charge is -2.22. The Morgan fingerprint density at radius 2 is 2.12 bits per heavy atom. The average Bonchev–Trinajstić information content (AvgIpc) is 3.05. The normalized spacial score (nSPS) is 17.7. The van der Waals surface area contributed by atoms with Gasteiger partial charge in [0.1, 0.15) is 0 Å². The van der Waals surface area contributed by atoms with Crippen molar-refractivity contribution in [1.29, 1.82) is 0 Å².